The van der Waals surface area contributed by atoms with Crippen LogP contribution in [0.15, 0.2) is 67.0 Å². The number of fused-ring (bicyclic) bond motifs is 1. The van der Waals surface area contributed by atoms with E-state index in [2.05, 4.69) is 9.97 Å². The predicted molar refractivity (Wildman–Crippen MR) is 102 cm³/mol. The Morgan fingerprint density at radius 3 is 2.81 bits per heavy atom. The maximum atomic E-state index is 12.9. The van der Waals surface area contributed by atoms with Gasteiger partial charge in [0.1, 0.15) is 0 Å². The van der Waals surface area contributed by atoms with E-state index < -0.39 is 0 Å². The van der Waals surface area contributed by atoms with Crippen molar-refractivity contribution in [1.29, 1.82) is 0 Å². The lowest BCUT2D eigenvalue weighted by atomic mass is 9.96. The summed E-state index contributed by atoms with van der Waals surface area (Å²) in [6.45, 7) is 0. The Labute approximate surface area is 150 Å². The molecule has 4 aromatic rings. The van der Waals surface area contributed by atoms with E-state index in [0.717, 1.165) is 22.0 Å². The van der Waals surface area contributed by atoms with Crippen molar-refractivity contribution in [3.05, 3.63) is 78.1 Å². The van der Waals surface area contributed by atoms with Gasteiger partial charge in [-0.3, -0.25) is 4.79 Å². The topological polar surface area (TPSA) is 81.0 Å². The Bertz CT molecular complexity index is 1120. The maximum Gasteiger partial charge on any atom is 0.213 e. The SMILES string of the molecule is COc1cc(C(=O)c2cc(N)cc(-c3cccc4[nH]ccc34)c2)ccn1. The number of carbonyl (C=O) groups excluding carboxylic acids is 1. The Morgan fingerprint density at radius 1 is 1.08 bits per heavy atom. The number of hydrogen-bond acceptors (Lipinski definition) is 4. The second-order valence-corrected chi connectivity index (χ2v) is 6.00. The lowest BCUT2D eigenvalue weighted by molar-refractivity contribution is 0.103. The highest BCUT2D eigenvalue weighted by molar-refractivity contribution is 6.10. The van der Waals surface area contributed by atoms with Crippen LogP contribution in [0.3, 0.4) is 0 Å². The number of H-pyrrole nitrogens is 1. The van der Waals surface area contributed by atoms with Crippen molar-refractivity contribution < 1.29 is 9.53 Å². The van der Waals surface area contributed by atoms with Crippen molar-refractivity contribution in [3.63, 3.8) is 0 Å². The molecule has 2 heterocycles. The van der Waals surface area contributed by atoms with E-state index in [0.29, 0.717) is 22.7 Å². The lowest BCUT2D eigenvalue weighted by Gasteiger charge is -2.09. The van der Waals surface area contributed by atoms with Crippen LogP contribution in [0.1, 0.15) is 15.9 Å². The van der Waals surface area contributed by atoms with Gasteiger partial charge in [-0.25, -0.2) is 4.98 Å². The number of nitrogen functional groups attached to an aromatic ring is 1. The average Bonchev–Trinajstić information content (AvgIpc) is 3.15. The number of anilines is 1. The van der Waals surface area contributed by atoms with E-state index in [1.807, 2.05) is 42.6 Å². The minimum atomic E-state index is -0.125. The second kappa shape index (κ2) is 6.37. The summed E-state index contributed by atoms with van der Waals surface area (Å²) in [5.41, 5.74) is 10.6. The van der Waals surface area contributed by atoms with Crippen LogP contribution in [0.2, 0.25) is 0 Å². The van der Waals surface area contributed by atoms with Gasteiger partial charge in [0, 0.05) is 46.2 Å². The van der Waals surface area contributed by atoms with Crippen molar-refractivity contribution in [2.45, 2.75) is 0 Å². The fourth-order valence-electron chi connectivity index (χ4n) is 3.10. The molecule has 0 aliphatic carbocycles. The molecule has 0 amide bonds. The Hall–Kier alpha value is -3.60. The minimum Gasteiger partial charge on any atom is -0.481 e. The Kier molecular flexibility index (Phi) is 3.89. The van der Waals surface area contributed by atoms with E-state index in [1.165, 1.54) is 7.11 Å². The van der Waals surface area contributed by atoms with Crippen molar-refractivity contribution in [2.75, 3.05) is 12.8 Å². The summed E-state index contributed by atoms with van der Waals surface area (Å²) in [6.07, 6.45) is 3.45. The molecule has 0 unspecified atom stereocenters. The second-order valence-electron chi connectivity index (χ2n) is 6.00. The number of aromatic amines is 1. The van der Waals surface area contributed by atoms with Gasteiger partial charge in [0.25, 0.3) is 0 Å². The molecule has 2 aromatic heterocycles. The molecule has 0 saturated carbocycles. The van der Waals surface area contributed by atoms with Gasteiger partial charge < -0.3 is 15.5 Å². The third-order valence-electron chi connectivity index (χ3n) is 4.33. The van der Waals surface area contributed by atoms with Crippen LogP contribution in [0, 0.1) is 0 Å². The number of benzene rings is 2. The number of hydrogen-bond donors (Lipinski definition) is 2. The first-order valence-corrected chi connectivity index (χ1v) is 8.17. The van der Waals surface area contributed by atoms with Gasteiger partial charge in [-0.2, -0.15) is 0 Å². The number of nitrogens with one attached hydrogen (secondary N) is 1. The molecule has 0 bridgehead atoms. The Morgan fingerprint density at radius 2 is 1.96 bits per heavy atom. The molecule has 5 nitrogen and oxygen atoms in total. The van der Waals surface area contributed by atoms with Crippen LogP contribution in [0.5, 0.6) is 5.88 Å². The summed E-state index contributed by atoms with van der Waals surface area (Å²) in [4.78, 5) is 20.2. The van der Waals surface area contributed by atoms with Crippen molar-refractivity contribution in [2.24, 2.45) is 0 Å². The first kappa shape index (κ1) is 15.9. The van der Waals surface area contributed by atoms with E-state index in [1.54, 1.807) is 24.4 Å². The van der Waals surface area contributed by atoms with Gasteiger partial charge in [0.2, 0.25) is 5.88 Å². The van der Waals surface area contributed by atoms with E-state index in [9.17, 15) is 4.79 Å². The third-order valence-corrected chi connectivity index (χ3v) is 4.33. The van der Waals surface area contributed by atoms with Gasteiger partial charge in [0.05, 0.1) is 7.11 Å². The molecule has 0 atom stereocenters. The first-order chi connectivity index (χ1) is 12.7. The molecule has 2 aromatic carbocycles. The van der Waals surface area contributed by atoms with Crippen molar-refractivity contribution in [1.82, 2.24) is 9.97 Å². The molecule has 0 spiro atoms. The van der Waals surface area contributed by atoms with E-state index in [-0.39, 0.29) is 5.78 Å². The molecule has 0 saturated heterocycles. The number of nitrogens with two attached hydrogens (primary N) is 1. The molecule has 5 heteroatoms. The number of rotatable bonds is 4. The van der Waals surface area contributed by atoms with Crippen molar-refractivity contribution >= 4 is 22.4 Å². The highest BCUT2D eigenvalue weighted by Crippen LogP contribution is 2.31. The molecule has 128 valence electrons. The van der Waals surface area contributed by atoms with Gasteiger partial charge >= 0.3 is 0 Å². The fourth-order valence-corrected chi connectivity index (χ4v) is 3.10. The maximum absolute atomic E-state index is 12.9. The molecule has 0 aliphatic heterocycles. The zero-order chi connectivity index (χ0) is 18.1. The highest BCUT2D eigenvalue weighted by Gasteiger charge is 2.14. The smallest absolute Gasteiger partial charge is 0.213 e. The normalized spacial score (nSPS) is 10.8. The summed E-state index contributed by atoms with van der Waals surface area (Å²) >= 11 is 0. The average molecular weight is 343 g/mol. The van der Waals surface area contributed by atoms with Crippen LogP contribution in [0.4, 0.5) is 5.69 Å². The number of ether oxygens (including phenoxy) is 1. The predicted octanol–water partition coefficient (Wildman–Crippen LogP) is 4.05. The summed E-state index contributed by atoms with van der Waals surface area (Å²) in [5.74, 6) is 0.276. The molecule has 0 radical (unpaired) electrons. The van der Waals surface area contributed by atoms with E-state index in [4.69, 9.17) is 10.5 Å². The quantitative estimate of drug-likeness (QED) is 0.433. The van der Waals surface area contributed by atoms with Crippen molar-refractivity contribution in [3.8, 4) is 17.0 Å². The number of nitrogens with zero attached hydrogens (tertiary/aromatic N) is 1. The fraction of sp³-hybridized carbons (Fsp3) is 0.0476. The number of aromatic nitrogens is 2. The number of ketones is 1. The zero-order valence-corrected chi connectivity index (χ0v) is 14.2. The third kappa shape index (κ3) is 2.80. The molecule has 0 aliphatic rings. The summed E-state index contributed by atoms with van der Waals surface area (Å²) in [7, 11) is 1.52. The molecule has 26 heavy (non-hydrogen) atoms. The van der Waals surface area contributed by atoms with Crippen LogP contribution in [-0.2, 0) is 0 Å². The zero-order valence-electron chi connectivity index (χ0n) is 14.2. The first-order valence-electron chi connectivity index (χ1n) is 8.17. The molecular weight excluding hydrogens is 326 g/mol. The van der Waals surface area contributed by atoms with Gasteiger partial charge in [-0.05, 0) is 47.5 Å². The van der Waals surface area contributed by atoms with Crippen LogP contribution >= 0.6 is 0 Å². The Balaban J connectivity index is 1.82. The lowest BCUT2D eigenvalue weighted by Crippen LogP contribution is -2.04. The highest BCUT2D eigenvalue weighted by atomic mass is 16.5. The summed E-state index contributed by atoms with van der Waals surface area (Å²) in [5, 5.41) is 1.09. The monoisotopic (exact) mass is 343 g/mol. The minimum absolute atomic E-state index is 0.125. The molecule has 0 fully saturated rings. The van der Waals surface area contributed by atoms with Crippen LogP contribution in [-0.4, -0.2) is 22.9 Å². The van der Waals surface area contributed by atoms with E-state index >= 15 is 0 Å². The molecule has 3 N–H and O–H groups in total. The standard InChI is InChI=1S/C21H17N3O2/c1-26-20-12-13(5-7-24-20)21(25)15-9-14(10-16(22)11-15)17-3-2-4-19-18(17)6-8-23-19/h2-12,23H,22H2,1H3. The number of carbonyl (C=O) groups is 1. The molecule has 4 rings (SSSR count). The summed E-state index contributed by atoms with van der Waals surface area (Å²) < 4.78 is 5.11. The summed E-state index contributed by atoms with van der Waals surface area (Å²) in [6, 6.07) is 16.8. The van der Waals surface area contributed by atoms with Gasteiger partial charge in [-0.15, -0.1) is 0 Å². The van der Waals surface area contributed by atoms with Crippen LogP contribution in [0.25, 0.3) is 22.0 Å². The van der Waals surface area contributed by atoms with Crippen LogP contribution < -0.4 is 10.5 Å². The van der Waals surface area contributed by atoms with Gasteiger partial charge in [-0.1, -0.05) is 12.1 Å². The molecular formula is C21H17N3O2. The van der Waals surface area contributed by atoms with Gasteiger partial charge in [0.15, 0.2) is 5.78 Å². The number of pyridine rings is 1. The largest absolute Gasteiger partial charge is 0.481 e. The number of methoxy groups -OCH3 is 1.